The minimum atomic E-state index is -3.23. The Bertz CT molecular complexity index is 1160. The average Bonchev–Trinajstić information content (AvgIpc) is 2.71. The molecule has 0 atom stereocenters. The van der Waals surface area contributed by atoms with Crippen LogP contribution in [0.2, 0.25) is 0 Å². The second kappa shape index (κ2) is 9.23. The average molecular weight is 427 g/mol. The molecule has 3 aromatic rings. The number of benzene rings is 2. The summed E-state index contributed by atoms with van der Waals surface area (Å²) in [5.74, 6) is -0.314. The molecule has 1 heterocycles. The van der Waals surface area contributed by atoms with Gasteiger partial charge in [-0.2, -0.15) is 0 Å². The molecule has 0 fully saturated rings. The number of aromatic nitrogens is 1. The Morgan fingerprint density at radius 1 is 1.13 bits per heavy atom. The maximum Gasteiger partial charge on any atom is 0.227 e. The third kappa shape index (κ3) is 5.55. The van der Waals surface area contributed by atoms with Gasteiger partial charge in [-0.15, -0.1) is 0 Å². The molecule has 2 aromatic carbocycles. The van der Waals surface area contributed by atoms with E-state index in [0.717, 1.165) is 21.9 Å². The molecule has 0 aliphatic heterocycles. The fourth-order valence-corrected chi connectivity index (χ4v) is 3.84. The van der Waals surface area contributed by atoms with E-state index >= 15 is 0 Å². The second-order valence-electron chi connectivity index (χ2n) is 7.37. The van der Waals surface area contributed by atoms with E-state index in [1.165, 1.54) is 6.26 Å². The van der Waals surface area contributed by atoms with Crippen LogP contribution in [0.5, 0.6) is 0 Å². The van der Waals surface area contributed by atoms with Crippen molar-refractivity contribution < 1.29 is 13.2 Å². The van der Waals surface area contributed by atoms with Crippen LogP contribution in [0, 0.1) is 0 Å². The van der Waals surface area contributed by atoms with Crippen molar-refractivity contribution in [3.05, 3.63) is 71.5 Å². The van der Waals surface area contributed by atoms with Gasteiger partial charge in [0.1, 0.15) is 9.84 Å². The summed E-state index contributed by atoms with van der Waals surface area (Å²) in [4.78, 5) is 18.7. The molecule has 30 heavy (non-hydrogen) atoms. The molecule has 0 saturated heterocycles. The number of amides is 1. The number of sulfone groups is 1. The van der Waals surface area contributed by atoms with Crippen LogP contribution in [0.1, 0.15) is 16.7 Å². The van der Waals surface area contributed by atoms with Crippen molar-refractivity contribution in [2.24, 2.45) is 5.73 Å². The summed E-state index contributed by atoms with van der Waals surface area (Å²) in [6, 6.07) is 13.5. The Hall–Kier alpha value is -2.97. The molecule has 0 aliphatic carbocycles. The monoisotopic (exact) mass is 426 g/mol. The fourth-order valence-electron chi connectivity index (χ4n) is 3.28. The lowest BCUT2D eigenvalue weighted by Crippen LogP contribution is -2.35. The molecule has 0 spiro atoms. The Labute approximate surface area is 176 Å². The normalized spacial score (nSPS) is 11.5. The largest absolute Gasteiger partial charge is 0.398 e. The standard InChI is InChI=1S/C22H26N4O3S/c1-30(28,29)10-9-26(22(27)12-19-14-25-8-7-21(19)24)15-18-4-2-3-17-6-5-16(13-23)11-20(17)18/h2-8,11,14H,9-10,12-13,15,23H2,1H3,(H2,24,25). The fraction of sp³-hybridized carbons (Fsp3) is 0.273. The molecule has 0 saturated carbocycles. The Balaban J connectivity index is 1.91. The molecule has 0 unspecified atom stereocenters. The van der Waals surface area contributed by atoms with Gasteiger partial charge in [0.05, 0.1) is 12.2 Å². The van der Waals surface area contributed by atoms with E-state index in [9.17, 15) is 13.2 Å². The van der Waals surface area contributed by atoms with Crippen LogP contribution < -0.4 is 11.5 Å². The van der Waals surface area contributed by atoms with Gasteiger partial charge in [-0.25, -0.2) is 8.42 Å². The van der Waals surface area contributed by atoms with Crippen LogP contribution in [0.25, 0.3) is 10.8 Å². The number of pyridine rings is 1. The number of nitrogens with two attached hydrogens (primary N) is 2. The van der Waals surface area contributed by atoms with Crippen molar-refractivity contribution >= 4 is 32.2 Å². The van der Waals surface area contributed by atoms with Crippen LogP contribution in [0.4, 0.5) is 5.69 Å². The summed E-state index contributed by atoms with van der Waals surface area (Å²) in [6.45, 7) is 0.811. The molecular weight excluding hydrogens is 400 g/mol. The highest BCUT2D eigenvalue weighted by Crippen LogP contribution is 2.22. The highest BCUT2D eigenvalue weighted by atomic mass is 32.2. The third-order valence-corrected chi connectivity index (χ3v) is 5.93. The minimum Gasteiger partial charge on any atom is -0.398 e. The lowest BCUT2D eigenvalue weighted by Gasteiger charge is -2.24. The lowest BCUT2D eigenvalue weighted by atomic mass is 10.0. The number of rotatable bonds is 8. The van der Waals surface area contributed by atoms with E-state index < -0.39 is 9.84 Å². The zero-order chi connectivity index (χ0) is 21.7. The van der Waals surface area contributed by atoms with E-state index in [2.05, 4.69) is 4.98 Å². The van der Waals surface area contributed by atoms with E-state index in [-0.39, 0.29) is 24.6 Å². The van der Waals surface area contributed by atoms with Gasteiger partial charge in [-0.1, -0.05) is 30.3 Å². The predicted octanol–water partition coefficient (Wildman–Crippen LogP) is 1.89. The Morgan fingerprint density at radius 2 is 1.93 bits per heavy atom. The molecule has 1 aromatic heterocycles. The third-order valence-electron chi connectivity index (χ3n) is 5.00. The van der Waals surface area contributed by atoms with Gasteiger partial charge >= 0.3 is 0 Å². The first-order valence-corrected chi connectivity index (χ1v) is 11.7. The van der Waals surface area contributed by atoms with Crippen LogP contribution in [-0.4, -0.2) is 42.8 Å². The number of fused-ring (bicyclic) bond motifs is 1. The predicted molar refractivity (Wildman–Crippen MR) is 119 cm³/mol. The molecule has 3 rings (SSSR count). The van der Waals surface area contributed by atoms with Crippen molar-refractivity contribution in [3.8, 4) is 0 Å². The number of hydrogen-bond acceptors (Lipinski definition) is 6. The van der Waals surface area contributed by atoms with E-state index in [1.807, 2.05) is 36.4 Å². The van der Waals surface area contributed by atoms with Crippen molar-refractivity contribution in [1.82, 2.24) is 9.88 Å². The number of nitrogens with zero attached hydrogens (tertiary/aromatic N) is 2. The summed E-state index contributed by atoms with van der Waals surface area (Å²) in [5, 5.41) is 2.04. The number of nitrogen functional groups attached to an aromatic ring is 1. The quantitative estimate of drug-likeness (QED) is 0.568. The summed E-state index contributed by atoms with van der Waals surface area (Å²) < 4.78 is 23.5. The topological polar surface area (TPSA) is 119 Å². The number of carbonyl (C=O) groups is 1. The lowest BCUT2D eigenvalue weighted by molar-refractivity contribution is -0.130. The summed E-state index contributed by atoms with van der Waals surface area (Å²) in [7, 11) is -3.23. The molecule has 158 valence electrons. The Morgan fingerprint density at radius 3 is 2.63 bits per heavy atom. The Kier molecular flexibility index (Phi) is 6.69. The number of carbonyl (C=O) groups excluding carboxylic acids is 1. The van der Waals surface area contributed by atoms with Gasteiger partial charge < -0.3 is 16.4 Å². The van der Waals surface area contributed by atoms with Crippen molar-refractivity contribution in [3.63, 3.8) is 0 Å². The van der Waals surface area contributed by atoms with Gasteiger partial charge in [0.15, 0.2) is 0 Å². The van der Waals surface area contributed by atoms with Gasteiger partial charge in [0, 0.05) is 49.5 Å². The molecule has 4 N–H and O–H groups in total. The molecule has 0 bridgehead atoms. The summed E-state index contributed by atoms with van der Waals surface area (Å²) >= 11 is 0. The van der Waals surface area contributed by atoms with E-state index in [4.69, 9.17) is 11.5 Å². The zero-order valence-electron chi connectivity index (χ0n) is 16.9. The van der Waals surface area contributed by atoms with Gasteiger partial charge in [-0.05, 0) is 34.0 Å². The molecule has 0 aliphatic rings. The molecule has 7 nitrogen and oxygen atoms in total. The SMILES string of the molecule is CS(=O)(=O)CCN(Cc1cccc2ccc(CN)cc12)C(=O)Cc1cnccc1N. The van der Waals surface area contributed by atoms with Crippen molar-refractivity contribution in [2.45, 2.75) is 19.5 Å². The van der Waals surface area contributed by atoms with Crippen LogP contribution in [-0.2, 0) is 34.1 Å². The van der Waals surface area contributed by atoms with Crippen LogP contribution in [0.15, 0.2) is 54.9 Å². The maximum absolute atomic E-state index is 13.1. The first-order chi connectivity index (χ1) is 14.3. The highest BCUT2D eigenvalue weighted by molar-refractivity contribution is 7.90. The smallest absolute Gasteiger partial charge is 0.227 e. The van der Waals surface area contributed by atoms with Crippen molar-refractivity contribution in [2.75, 3.05) is 24.3 Å². The summed E-state index contributed by atoms with van der Waals surface area (Å²) in [5.41, 5.74) is 14.8. The van der Waals surface area contributed by atoms with Crippen molar-refractivity contribution in [1.29, 1.82) is 0 Å². The highest BCUT2D eigenvalue weighted by Gasteiger charge is 2.19. The molecule has 1 amide bonds. The zero-order valence-corrected chi connectivity index (χ0v) is 17.7. The number of anilines is 1. The minimum absolute atomic E-state index is 0.0578. The first kappa shape index (κ1) is 21.7. The van der Waals surface area contributed by atoms with Gasteiger partial charge in [-0.3, -0.25) is 9.78 Å². The number of hydrogen-bond donors (Lipinski definition) is 2. The summed E-state index contributed by atoms with van der Waals surface area (Å²) in [6.07, 6.45) is 4.35. The van der Waals surface area contributed by atoms with Gasteiger partial charge in [0.2, 0.25) is 5.91 Å². The molecular formula is C22H26N4O3S. The molecule has 8 heteroatoms. The first-order valence-electron chi connectivity index (χ1n) is 9.61. The van der Waals surface area contributed by atoms with Crippen LogP contribution in [0.3, 0.4) is 0 Å². The molecule has 0 radical (unpaired) electrons. The van der Waals surface area contributed by atoms with E-state index in [0.29, 0.717) is 24.3 Å². The maximum atomic E-state index is 13.1. The van der Waals surface area contributed by atoms with Crippen LogP contribution >= 0.6 is 0 Å². The second-order valence-corrected chi connectivity index (χ2v) is 9.63. The van der Waals surface area contributed by atoms with E-state index in [1.54, 1.807) is 23.4 Å². The van der Waals surface area contributed by atoms with Gasteiger partial charge in [0.25, 0.3) is 0 Å².